The Bertz CT molecular complexity index is 281. The van der Waals surface area contributed by atoms with Crippen molar-refractivity contribution in [1.82, 2.24) is 5.32 Å². The molecule has 1 amide bonds. The first-order valence-electron chi connectivity index (χ1n) is 6.27. The zero-order chi connectivity index (χ0) is 12.8. The molecule has 0 heterocycles. The van der Waals surface area contributed by atoms with Gasteiger partial charge in [0.15, 0.2) is 0 Å². The maximum absolute atomic E-state index is 11.8. The van der Waals surface area contributed by atoms with Crippen molar-refractivity contribution in [2.45, 2.75) is 45.1 Å². The van der Waals surface area contributed by atoms with Gasteiger partial charge in [-0.1, -0.05) is 6.92 Å². The second-order valence-corrected chi connectivity index (χ2v) is 4.89. The molecule has 0 bridgehead atoms. The number of carbonyl (C=O) groups is 2. The smallest absolute Gasteiger partial charge is 0.306 e. The Kier molecular flexibility index (Phi) is 5.41. The average molecular weight is 242 g/mol. The summed E-state index contributed by atoms with van der Waals surface area (Å²) >= 11 is 0. The van der Waals surface area contributed by atoms with E-state index in [-0.39, 0.29) is 23.8 Å². The van der Waals surface area contributed by atoms with Gasteiger partial charge in [0, 0.05) is 12.0 Å². The number of hydrogen-bond donors (Lipinski definition) is 3. The zero-order valence-corrected chi connectivity index (χ0v) is 10.3. The summed E-state index contributed by atoms with van der Waals surface area (Å²) in [5, 5.41) is 11.8. The molecule has 5 heteroatoms. The molecular formula is C12H22N2O3. The molecule has 0 aromatic heterocycles. The molecule has 1 aliphatic carbocycles. The highest BCUT2D eigenvalue weighted by atomic mass is 16.4. The monoisotopic (exact) mass is 242 g/mol. The van der Waals surface area contributed by atoms with E-state index in [4.69, 9.17) is 10.8 Å². The van der Waals surface area contributed by atoms with Crippen molar-refractivity contribution < 1.29 is 14.7 Å². The van der Waals surface area contributed by atoms with Crippen LogP contribution < -0.4 is 11.1 Å². The molecular weight excluding hydrogens is 220 g/mol. The molecule has 17 heavy (non-hydrogen) atoms. The number of nitrogens with one attached hydrogen (secondary N) is 1. The number of aliphatic carboxylic acids is 1. The Labute approximate surface area is 102 Å². The number of rotatable bonds is 6. The summed E-state index contributed by atoms with van der Waals surface area (Å²) in [4.78, 5) is 22.6. The highest BCUT2D eigenvalue weighted by Crippen LogP contribution is 2.25. The highest BCUT2D eigenvalue weighted by molar-refractivity contribution is 5.78. The van der Waals surface area contributed by atoms with Gasteiger partial charge in [0.25, 0.3) is 0 Å². The van der Waals surface area contributed by atoms with Gasteiger partial charge in [0.05, 0.1) is 5.92 Å². The van der Waals surface area contributed by atoms with E-state index in [2.05, 4.69) is 5.32 Å². The minimum Gasteiger partial charge on any atom is -0.481 e. The first-order valence-corrected chi connectivity index (χ1v) is 6.27. The number of carboxylic acids is 1. The molecule has 1 saturated carbocycles. The van der Waals surface area contributed by atoms with E-state index in [0.29, 0.717) is 19.4 Å². The maximum Gasteiger partial charge on any atom is 0.306 e. The standard InChI is InChI=1S/C12H22N2O3/c1-8(3-2-6-13)11(15)14-10-5-4-9(7-10)12(16)17/h8-10H,2-7,13H2,1H3,(H,14,15)(H,16,17). The molecule has 98 valence electrons. The van der Waals surface area contributed by atoms with Gasteiger partial charge in [-0.25, -0.2) is 0 Å². The summed E-state index contributed by atoms with van der Waals surface area (Å²) in [5.41, 5.74) is 5.40. The third kappa shape index (κ3) is 4.34. The molecule has 0 aliphatic heterocycles. The lowest BCUT2D eigenvalue weighted by atomic mass is 10.0. The fourth-order valence-electron chi connectivity index (χ4n) is 2.24. The quantitative estimate of drug-likeness (QED) is 0.640. The van der Waals surface area contributed by atoms with Gasteiger partial charge < -0.3 is 16.2 Å². The summed E-state index contributed by atoms with van der Waals surface area (Å²) in [6.45, 7) is 2.48. The van der Waals surface area contributed by atoms with Crippen LogP contribution in [0.4, 0.5) is 0 Å². The maximum atomic E-state index is 11.8. The molecule has 0 saturated heterocycles. The van der Waals surface area contributed by atoms with Crippen LogP contribution >= 0.6 is 0 Å². The van der Waals surface area contributed by atoms with E-state index in [1.807, 2.05) is 6.92 Å². The van der Waals surface area contributed by atoms with Crippen molar-refractivity contribution in [3.8, 4) is 0 Å². The van der Waals surface area contributed by atoms with E-state index < -0.39 is 5.97 Å². The normalized spacial score (nSPS) is 25.5. The van der Waals surface area contributed by atoms with Gasteiger partial charge in [0.2, 0.25) is 5.91 Å². The Balaban J connectivity index is 2.30. The SMILES string of the molecule is CC(CCCN)C(=O)NC1CCC(C(=O)O)C1. The van der Waals surface area contributed by atoms with Crippen LogP contribution in [-0.2, 0) is 9.59 Å². The lowest BCUT2D eigenvalue weighted by Gasteiger charge is -2.16. The molecule has 3 atom stereocenters. The van der Waals surface area contributed by atoms with Crippen LogP contribution in [0, 0.1) is 11.8 Å². The van der Waals surface area contributed by atoms with Crippen LogP contribution in [0.15, 0.2) is 0 Å². The molecule has 3 unspecified atom stereocenters. The molecule has 5 nitrogen and oxygen atoms in total. The first kappa shape index (κ1) is 14.0. The molecule has 0 spiro atoms. The van der Waals surface area contributed by atoms with E-state index in [9.17, 15) is 9.59 Å². The fourth-order valence-corrected chi connectivity index (χ4v) is 2.24. The van der Waals surface area contributed by atoms with E-state index in [0.717, 1.165) is 19.3 Å². The van der Waals surface area contributed by atoms with Crippen molar-refractivity contribution in [2.75, 3.05) is 6.54 Å². The lowest BCUT2D eigenvalue weighted by Crippen LogP contribution is -2.37. The summed E-state index contributed by atoms with van der Waals surface area (Å²) < 4.78 is 0. The van der Waals surface area contributed by atoms with Crippen molar-refractivity contribution in [2.24, 2.45) is 17.6 Å². The predicted molar refractivity (Wildman–Crippen MR) is 64.4 cm³/mol. The Hall–Kier alpha value is -1.10. The van der Waals surface area contributed by atoms with Gasteiger partial charge >= 0.3 is 5.97 Å². The Morgan fingerprint density at radius 3 is 2.71 bits per heavy atom. The number of nitrogens with two attached hydrogens (primary N) is 1. The molecule has 1 fully saturated rings. The van der Waals surface area contributed by atoms with Crippen molar-refractivity contribution in [3.05, 3.63) is 0 Å². The van der Waals surface area contributed by atoms with Crippen LogP contribution in [0.5, 0.6) is 0 Å². The summed E-state index contributed by atoms with van der Waals surface area (Å²) in [6.07, 6.45) is 3.63. The number of carboxylic acid groups (broad SMARTS) is 1. The summed E-state index contributed by atoms with van der Waals surface area (Å²) in [6, 6.07) is 0.0314. The van der Waals surface area contributed by atoms with Gasteiger partial charge in [-0.05, 0) is 38.6 Å². The van der Waals surface area contributed by atoms with Crippen LogP contribution in [0.1, 0.15) is 39.0 Å². The third-order valence-corrected chi connectivity index (χ3v) is 3.42. The minimum atomic E-state index is -0.752. The Morgan fingerprint density at radius 1 is 1.47 bits per heavy atom. The number of amides is 1. The molecule has 4 N–H and O–H groups in total. The highest BCUT2D eigenvalue weighted by Gasteiger charge is 2.31. The van der Waals surface area contributed by atoms with E-state index in [1.165, 1.54) is 0 Å². The zero-order valence-electron chi connectivity index (χ0n) is 10.3. The summed E-state index contributed by atoms with van der Waals surface area (Å²) in [5.74, 6) is -1.06. The van der Waals surface area contributed by atoms with Gasteiger partial charge in [-0.3, -0.25) is 9.59 Å². The van der Waals surface area contributed by atoms with Gasteiger partial charge in [0.1, 0.15) is 0 Å². The van der Waals surface area contributed by atoms with Crippen LogP contribution in [0.3, 0.4) is 0 Å². The molecule has 1 rings (SSSR count). The second-order valence-electron chi connectivity index (χ2n) is 4.89. The van der Waals surface area contributed by atoms with Crippen molar-refractivity contribution in [3.63, 3.8) is 0 Å². The van der Waals surface area contributed by atoms with Crippen molar-refractivity contribution >= 4 is 11.9 Å². The molecule has 0 radical (unpaired) electrons. The number of carbonyl (C=O) groups excluding carboxylic acids is 1. The third-order valence-electron chi connectivity index (χ3n) is 3.42. The molecule has 0 aromatic carbocycles. The number of hydrogen-bond acceptors (Lipinski definition) is 3. The Morgan fingerprint density at radius 2 is 2.18 bits per heavy atom. The predicted octanol–water partition coefficient (Wildman–Crippen LogP) is 0.731. The van der Waals surface area contributed by atoms with Gasteiger partial charge in [-0.2, -0.15) is 0 Å². The summed E-state index contributed by atoms with van der Waals surface area (Å²) in [7, 11) is 0. The van der Waals surface area contributed by atoms with E-state index in [1.54, 1.807) is 0 Å². The van der Waals surface area contributed by atoms with Crippen LogP contribution in [-0.4, -0.2) is 29.6 Å². The van der Waals surface area contributed by atoms with Crippen LogP contribution in [0.2, 0.25) is 0 Å². The van der Waals surface area contributed by atoms with E-state index >= 15 is 0 Å². The van der Waals surface area contributed by atoms with Crippen molar-refractivity contribution in [1.29, 1.82) is 0 Å². The topological polar surface area (TPSA) is 92.4 Å². The fraction of sp³-hybridized carbons (Fsp3) is 0.833. The van der Waals surface area contributed by atoms with Gasteiger partial charge in [-0.15, -0.1) is 0 Å². The average Bonchev–Trinajstić information content (AvgIpc) is 2.74. The minimum absolute atomic E-state index is 0.0227. The largest absolute Gasteiger partial charge is 0.481 e. The van der Waals surface area contributed by atoms with Crippen LogP contribution in [0.25, 0.3) is 0 Å². The molecule has 0 aromatic rings. The molecule has 1 aliphatic rings. The first-order chi connectivity index (χ1) is 8.04. The lowest BCUT2D eigenvalue weighted by molar-refractivity contribution is -0.141. The second kappa shape index (κ2) is 6.59.